The summed E-state index contributed by atoms with van der Waals surface area (Å²) in [5.41, 5.74) is 7.53. The van der Waals surface area contributed by atoms with Crippen LogP contribution in [0.2, 0.25) is 0 Å². The lowest BCUT2D eigenvalue weighted by molar-refractivity contribution is 0.226. The second-order valence-corrected chi connectivity index (χ2v) is 6.44. The molecule has 3 atom stereocenters. The number of hydrogen-bond donors (Lipinski definition) is 1. The van der Waals surface area contributed by atoms with Crippen molar-refractivity contribution in [1.29, 1.82) is 0 Å². The fourth-order valence-corrected chi connectivity index (χ4v) is 4.50. The third kappa shape index (κ3) is 1.83. The van der Waals surface area contributed by atoms with Crippen molar-refractivity contribution in [3.63, 3.8) is 0 Å². The third-order valence-corrected chi connectivity index (χ3v) is 5.56. The summed E-state index contributed by atoms with van der Waals surface area (Å²) in [6, 6.07) is 1.51. The van der Waals surface area contributed by atoms with Crippen LogP contribution in [0.25, 0.3) is 0 Å². The molecule has 1 aromatic heterocycles. The molecule has 1 fully saturated rings. The lowest BCUT2D eigenvalue weighted by Crippen LogP contribution is -2.33. The van der Waals surface area contributed by atoms with E-state index in [0.29, 0.717) is 6.04 Å². The highest BCUT2D eigenvalue weighted by molar-refractivity contribution is 7.12. The molecule has 3 heterocycles. The monoisotopic (exact) mass is 251 g/mol. The fraction of sp³-hybridized carbons (Fsp3) is 0.769. The number of thiazole rings is 1. The minimum absolute atomic E-state index is 0.152. The molecule has 0 aromatic carbocycles. The van der Waals surface area contributed by atoms with Crippen LogP contribution >= 0.6 is 11.3 Å². The second-order valence-electron chi connectivity index (χ2n) is 5.37. The topological polar surface area (TPSA) is 42.1 Å². The minimum atomic E-state index is 0.152. The zero-order chi connectivity index (χ0) is 12.0. The Morgan fingerprint density at radius 2 is 2.35 bits per heavy atom. The highest BCUT2D eigenvalue weighted by Gasteiger charge is 2.39. The molecule has 1 saturated heterocycles. The Kier molecular flexibility index (Phi) is 2.97. The summed E-state index contributed by atoms with van der Waals surface area (Å²) in [5, 5.41) is 1.16. The molecular weight excluding hydrogens is 230 g/mol. The highest BCUT2D eigenvalue weighted by Crippen LogP contribution is 2.45. The van der Waals surface area contributed by atoms with E-state index in [-0.39, 0.29) is 6.04 Å². The highest BCUT2D eigenvalue weighted by atomic mass is 32.1. The van der Waals surface area contributed by atoms with Gasteiger partial charge in [0, 0.05) is 23.4 Å². The second kappa shape index (κ2) is 4.34. The van der Waals surface area contributed by atoms with Crippen molar-refractivity contribution in [2.75, 3.05) is 7.05 Å². The van der Waals surface area contributed by atoms with Crippen molar-refractivity contribution in [3.05, 3.63) is 15.6 Å². The Morgan fingerprint density at radius 3 is 3.12 bits per heavy atom. The molecule has 0 aliphatic carbocycles. The van der Waals surface area contributed by atoms with E-state index in [1.165, 1.54) is 23.4 Å². The first-order valence-electron chi connectivity index (χ1n) is 6.67. The van der Waals surface area contributed by atoms with E-state index in [4.69, 9.17) is 10.7 Å². The van der Waals surface area contributed by atoms with Crippen molar-refractivity contribution in [2.45, 2.75) is 57.2 Å². The molecule has 94 valence electrons. The van der Waals surface area contributed by atoms with Gasteiger partial charge in [0.15, 0.2) is 0 Å². The Morgan fingerprint density at radius 1 is 1.53 bits per heavy atom. The summed E-state index contributed by atoms with van der Waals surface area (Å²) in [7, 11) is 2.26. The van der Waals surface area contributed by atoms with Crippen LogP contribution in [-0.4, -0.2) is 23.0 Å². The van der Waals surface area contributed by atoms with Gasteiger partial charge in [0.2, 0.25) is 0 Å². The average molecular weight is 251 g/mol. The van der Waals surface area contributed by atoms with Crippen LogP contribution in [0.3, 0.4) is 0 Å². The van der Waals surface area contributed by atoms with E-state index >= 15 is 0 Å². The standard InChI is InChI=1S/C13H21N3S/c1-3-4-9(14)13-15-10-7-8-5-6-11(16(8)2)12(10)17-13/h8-9,11H,3-7,14H2,1-2H3. The maximum atomic E-state index is 6.18. The molecule has 3 nitrogen and oxygen atoms in total. The van der Waals surface area contributed by atoms with Gasteiger partial charge in [0.05, 0.1) is 11.7 Å². The predicted octanol–water partition coefficient (Wildman–Crippen LogP) is 2.63. The van der Waals surface area contributed by atoms with Crippen LogP contribution in [0, 0.1) is 0 Å². The largest absolute Gasteiger partial charge is 0.322 e. The fourth-order valence-electron chi connectivity index (χ4n) is 3.18. The molecule has 1 aromatic rings. The van der Waals surface area contributed by atoms with E-state index in [1.54, 1.807) is 0 Å². The molecule has 3 rings (SSSR count). The first kappa shape index (κ1) is 11.6. The van der Waals surface area contributed by atoms with Crippen molar-refractivity contribution in [3.8, 4) is 0 Å². The molecule has 2 aliphatic rings. The Balaban J connectivity index is 1.89. The van der Waals surface area contributed by atoms with Gasteiger partial charge in [-0.3, -0.25) is 4.90 Å². The number of hydrogen-bond acceptors (Lipinski definition) is 4. The SMILES string of the molecule is CCCC(N)c1nc2c(s1)C1CCC(C2)N1C. The van der Waals surface area contributed by atoms with Gasteiger partial charge in [-0.1, -0.05) is 13.3 Å². The quantitative estimate of drug-likeness (QED) is 0.898. The van der Waals surface area contributed by atoms with Gasteiger partial charge >= 0.3 is 0 Å². The number of nitrogens with two attached hydrogens (primary N) is 1. The van der Waals surface area contributed by atoms with Crippen molar-refractivity contribution < 1.29 is 0 Å². The van der Waals surface area contributed by atoms with Crippen LogP contribution < -0.4 is 5.73 Å². The Labute approximate surface area is 107 Å². The van der Waals surface area contributed by atoms with Crippen LogP contribution in [0.15, 0.2) is 0 Å². The van der Waals surface area contributed by atoms with Crippen LogP contribution in [-0.2, 0) is 6.42 Å². The van der Waals surface area contributed by atoms with Gasteiger partial charge in [-0.25, -0.2) is 4.98 Å². The lowest BCUT2D eigenvalue weighted by atomic mass is 10.1. The van der Waals surface area contributed by atoms with Gasteiger partial charge in [-0.2, -0.15) is 0 Å². The number of fused-ring (bicyclic) bond motifs is 4. The van der Waals surface area contributed by atoms with Crippen LogP contribution in [0.1, 0.15) is 60.3 Å². The molecule has 4 heteroatoms. The molecule has 0 radical (unpaired) electrons. The van der Waals surface area contributed by atoms with Gasteiger partial charge in [-0.15, -0.1) is 11.3 Å². The third-order valence-electron chi connectivity index (χ3n) is 4.23. The number of rotatable bonds is 3. The van der Waals surface area contributed by atoms with Gasteiger partial charge in [-0.05, 0) is 26.3 Å². The van der Waals surface area contributed by atoms with Crippen LogP contribution in [0.5, 0.6) is 0 Å². The van der Waals surface area contributed by atoms with E-state index in [1.807, 2.05) is 11.3 Å². The zero-order valence-electron chi connectivity index (χ0n) is 10.6. The molecule has 0 spiro atoms. The molecule has 17 heavy (non-hydrogen) atoms. The van der Waals surface area contributed by atoms with Gasteiger partial charge < -0.3 is 5.73 Å². The molecule has 2 aliphatic heterocycles. The Hall–Kier alpha value is -0.450. The summed E-state index contributed by atoms with van der Waals surface area (Å²) in [4.78, 5) is 8.85. The maximum Gasteiger partial charge on any atom is 0.110 e. The van der Waals surface area contributed by atoms with Gasteiger partial charge in [0.25, 0.3) is 0 Å². The van der Waals surface area contributed by atoms with E-state index in [9.17, 15) is 0 Å². The number of aromatic nitrogens is 1. The maximum absolute atomic E-state index is 6.18. The van der Waals surface area contributed by atoms with Gasteiger partial charge in [0.1, 0.15) is 5.01 Å². The summed E-state index contributed by atoms with van der Waals surface area (Å²) in [5.74, 6) is 0. The molecule has 2 N–H and O–H groups in total. The first-order valence-corrected chi connectivity index (χ1v) is 7.49. The molecule has 2 bridgehead atoms. The molecule has 0 amide bonds. The van der Waals surface area contributed by atoms with E-state index < -0.39 is 0 Å². The number of nitrogens with zero attached hydrogens (tertiary/aromatic N) is 2. The molecule has 0 saturated carbocycles. The lowest BCUT2D eigenvalue weighted by Gasteiger charge is -2.29. The van der Waals surface area contributed by atoms with Crippen molar-refractivity contribution >= 4 is 11.3 Å². The molecular formula is C13H21N3S. The zero-order valence-corrected chi connectivity index (χ0v) is 11.5. The predicted molar refractivity (Wildman–Crippen MR) is 71.2 cm³/mol. The summed E-state index contributed by atoms with van der Waals surface area (Å²) in [6.07, 6.45) is 5.96. The van der Waals surface area contributed by atoms with E-state index in [2.05, 4.69) is 18.9 Å². The van der Waals surface area contributed by atoms with Crippen LogP contribution in [0.4, 0.5) is 0 Å². The normalized spacial score (nSPS) is 29.4. The number of likely N-dealkylation sites (N-methyl/N-ethyl adjacent to an activating group) is 1. The minimum Gasteiger partial charge on any atom is -0.322 e. The van der Waals surface area contributed by atoms with Crippen molar-refractivity contribution in [2.24, 2.45) is 5.73 Å². The molecule has 3 unspecified atom stereocenters. The van der Waals surface area contributed by atoms with E-state index in [0.717, 1.165) is 30.3 Å². The summed E-state index contributed by atoms with van der Waals surface area (Å²) in [6.45, 7) is 2.18. The van der Waals surface area contributed by atoms with Crippen molar-refractivity contribution in [1.82, 2.24) is 9.88 Å². The Bertz CT molecular complexity index is 415. The average Bonchev–Trinajstić information content (AvgIpc) is 2.82. The summed E-state index contributed by atoms with van der Waals surface area (Å²) >= 11 is 1.87. The smallest absolute Gasteiger partial charge is 0.110 e. The first-order chi connectivity index (χ1) is 8.20. The summed E-state index contributed by atoms with van der Waals surface area (Å²) < 4.78 is 0.